The fourth-order valence-corrected chi connectivity index (χ4v) is 2.88. The van der Waals surface area contributed by atoms with E-state index in [9.17, 15) is 5.11 Å². The van der Waals surface area contributed by atoms with Crippen LogP contribution in [0, 0.1) is 0 Å². The van der Waals surface area contributed by atoms with Crippen LogP contribution in [0.25, 0.3) is 0 Å². The van der Waals surface area contributed by atoms with Gasteiger partial charge in [0.1, 0.15) is 6.61 Å². The van der Waals surface area contributed by atoms with E-state index in [1.807, 2.05) is 18.6 Å². The fourth-order valence-electron chi connectivity index (χ4n) is 2.28. The van der Waals surface area contributed by atoms with Crippen LogP contribution in [0.5, 0.6) is 11.5 Å². The Hall–Kier alpha value is -1.53. The van der Waals surface area contributed by atoms with Gasteiger partial charge in [0.2, 0.25) is 0 Å². The first-order chi connectivity index (χ1) is 10.2. The van der Waals surface area contributed by atoms with Crippen molar-refractivity contribution in [3.8, 4) is 11.5 Å². The fraction of sp³-hybridized carbons (Fsp3) is 0.400. The van der Waals surface area contributed by atoms with Gasteiger partial charge in [-0.2, -0.15) is 0 Å². The molecule has 21 heavy (non-hydrogen) atoms. The summed E-state index contributed by atoms with van der Waals surface area (Å²) in [4.78, 5) is 4.19. The van der Waals surface area contributed by atoms with Gasteiger partial charge in [-0.15, -0.1) is 0 Å². The lowest BCUT2D eigenvalue weighted by molar-refractivity contribution is 0.268. The van der Waals surface area contributed by atoms with Crippen LogP contribution in [0.15, 0.2) is 29.1 Å². The summed E-state index contributed by atoms with van der Waals surface area (Å²) in [5, 5.41) is 9.23. The number of hydrogen-bond acceptors (Lipinski definition) is 4. The molecule has 0 bridgehead atoms. The number of imidazole rings is 1. The highest BCUT2D eigenvalue weighted by molar-refractivity contribution is 9.10. The lowest BCUT2D eigenvalue weighted by Gasteiger charge is -2.14. The molecule has 1 fully saturated rings. The van der Waals surface area contributed by atoms with Crippen molar-refractivity contribution >= 4 is 15.9 Å². The van der Waals surface area contributed by atoms with E-state index in [4.69, 9.17) is 9.47 Å². The number of ether oxygens (including phenoxy) is 2. The lowest BCUT2D eigenvalue weighted by Crippen LogP contribution is -2.05. The van der Waals surface area contributed by atoms with E-state index in [1.54, 1.807) is 13.2 Å². The maximum atomic E-state index is 9.23. The maximum Gasteiger partial charge on any atom is 0.175 e. The molecule has 2 aromatic rings. The van der Waals surface area contributed by atoms with Crippen LogP contribution in [0.1, 0.15) is 30.1 Å². The Kier molecular flexibility index (Phi) is 4.17. The van der Waals surface area contributed by atoms with Gasteiger partial charge in [0.15, 0.2) is 11.5 Å². The van der Waals surface area contributed by atoms with Crippen molar-refractivity contribution in [2.45, 2.75) is 32.1 Å². The average molecular weight is 353 g/mol. The number of aromatic nitrogens is 2. The molecule has 0 saturated heterocycles. The number of rotatable bonds is 6. The predicted octanol–water partition coefficient (Wildman–Crippen LogP) is 3.06. The quantitative estimate of drug-likeness (QED) is 0.867. The molecule has 5 nitrogen and oxygen atoms in total. The summed E-state index contributed by atoms with van der Waals surface area (Å²) < 4.78 is 14.2. The van der Waals surface area contributed by atoms with Gasteiger partial charge in [-0.05, 0) is 46.5 Å². The second-order valence-corrected chi connectivity index (χ2v) is 5.93. The van der Waals surface area contributed by atoms with E-state index in [1.165, 1.54) is 12.8 Å². The molecular weight excluding hydrogens is 336 g/mol. The predicted molar refractivity (Wildman–Crippen MR) is 81.4 cm³/mol. The number of aliphatic hydroxyl groups excluding tert-OH is 1. The molecule has 1 heterocycles. The van der Waals surface area contributed by atoms with Crippen LogP contribution in [-0.4, -0.2) is 21.8 Å². The molecule has 0 atom stereocenters. The zero-order chi connectivity index (χ0) is 14.8. The van der Waals surface area contributed by atoms with E-state index in [0.717, 1.165) is 15.7 Å². The van der Waals surface area contributed by atoms with Crippen LogP contribution >= 0.6 is 15.9 Å². The van der Waals surface area contributed by atoms with Crippen molar-refractivity contribution in [2.75, 3.05) is 7.11 Å². The summed E-state index contributed by atoms with van der Waals surface area (Å²) in [7, 11) is 1.59. The third-order valence-corrected chi connectivity index (χ3v) is 4.11. The minimum Gasteiger partial charge on any atom is -0.493 e. The highest BCUT2D eigenvalue weighted by Gasteiger charge is 2.25. The van der Waals surface area contributed by atoms with Crippen molar-refractivity contribution < 1.29 is 14.6 Å². The SMILES string of the molecule is COc1cc(CO)cc(Br)c1OCc1cncn1C1CC1. The van der Waals surface area contributed by atoms with E-state index >= 15 is 0 Å². The van der Waals surface area contributed by atoms with E-state index in [-0.39, 0.29) is 6.61 Å². The first-order valence-corrected chi connectivity index (χ1v) is 7.63. The molecule has 1 aromatic carbocycles. The summed E-state index contributed by atoms with van der Waals surface area (Å²) in [6.45, 7) is 0.396. The summed E-state index contributed by atoms with van der Waals surface area (Å²) in [6, 6.07) is 4.18. The maximum absolute atomic E-state index is 9.23. The van der Waals surface area contributed by atoms with Gasteiger partial charge in [0.05, 0.1) is 36.4 Å². The van der Waals surface area contributed by atoms with Crippen LogP contribution in [0.4, 0.5) is 0 Å². The molecule has 1 aliphatic carbocycles. The molecule has 0 unspecified atom stereocenters. The zero-order valence-electron chi connectivity index (χ0n) is 11.8. The van der Waals surface area contributed by atoms with E-state index < -0.39 is 0 Å². The minimum absolute atomic E-state index is 0.0380. The van der Waals surface area contributed by atoms with Gasteiger partial charge < -0.3 is 19.1 Å². The number of methoxy groups -OCH3 is 1. The van der Waals surface area contributed by atoms with E-state index in [0.29, 0.717) is 24.1 Å². The Bertz CT molecular complexity index is 638. The smallest absolute Gasteiger partial charge is 0.175 e. The number of halogens is 1. The van der Waals surface area contributed by atoms with Crippen molar-refractivity contribution in [3.63, 3.8) is 0 Å². The van der Waals surface area contributed by atoms with Gasteiger partial charge in [0.25, 0.3) is 0 Å². The standard InChI is InChI=1S/C15H17BrN2O3/c1-20-14-5-10(7-19)4-13(16)15(14)21-8-12-6-17-9-18(12)11-2-3-11/h4-6,9,11,19H,2-3,7-8H2,1H3. The van der Waals surface area contributed by atoms with Crippen molar-refractivity contribution in [2.24, 2.45) is 0 Å². The lowest BCUT2D eigenvalue weighted by atomic mass is 10.2. The minimum atomic E-state index is -0.0380. The summed E-state index contributed by atoms with van der Waals surface area (Å²) in [6.07, 6.45) is 6.11. The van der Waals surface area contributed by atoms with Crippen LogP contribution in [0.2, 0.25) is 0 Å². The summed E-state index contributed by atoms with van der Waals surface area (Å²) in [5.74, 6) is 1.24. The molecule has 6 heteroatoms. The van der Waals surface area contributed by atoms with Crippen LogP contribution in [0.3, 0.4) is 0 Å². The summed E-state index contributed by atoms with van der Waals surface area (Å²) >= 11 is 3.47. The van der Waals surface area contributed by atoms with Crippen molar-refractivity contribution in [1.82, 2.24) is 9.55 Å². The average Bonchev–Trinajstić information content (AvgIpc) is 3.24. The number of aliphatic hydroxyl groups is 1. The molecule has 3 rings (SSSR count). The van der Waals surface area contributed by atoms with Gasteiger partial charge in [-0.3, -0.25) is 0 Å². The Labute approximate surface area is 131 Å². The molecular formula is C15H17BrN2O3. The number of hydrogen-bond donors (Lipinski definition) is 1. The Morgan fingerprint density at radius 1 is 1.43 bits per heavy atom. The van der Waals surface area contributed by atoms with Gasteiger partial charge in [0, 0.05) is 6.04 Å². The topological polar surface area (TPSA) is 56.5 Å². The van der Waals surface area contributed by atoms with Crippen molar-refractivity contribution in [3.05, 3.63) is 40.4 Å². The van der Waals surface area contributed by atoms with Gasteiger partial charge in [-0.1, -0.05) is 0 Å². The summed E-state index contributed by atoms with van der Waals surface area (Å²) in [5.41, 5.74) is 1.83. The molecule has 0 spiro atoms. The molecule has 1 aliphatic rings. The Morgan fingerprint density at radius 3 is 2.90 bits per heavy atom. The first-order valence-electron chi connectivity index (χ1n) is 6.83. The highest BCUT2D eigenvalue weighted by atomic mass is 79.9. The molecule has 112 valence electrons. The molecule has 0 aliphatic heterocycles. The van der Waals surface area contributed by atoms with Crippen LogP contribution in [-0.2, 0) is 13.2 Å². The first kappa shape index (κ1) is 14.4. The van der Waals surface area contributed by atoms with Gasteiger partial charge >= 0.3 is 0 Å². The molecule has 1 saturated carbocycles. The van der Waals surface area contributed by atoms with E-state index in [2.05, 4.69) is 25.5 Å². The van der Waals surface area contributed by atoms with Gasteiger partial charge in [-0.25, -0.2) is 4.98 Å². The number of nitrogens with zero attached hydrogens (tertiary/aromatic N) is 2. The molecule has 0 radical (unpaired) electrons. The monoisotopic (exact) mass is 352 g/mol. The molecule has 0 amide bonds. The third kappa shape index (κ3) is 3.06. The Morgan fingerprint density at radius 2 is 2.24 bits per heavy atom. The second kappa shape index (κ2) is 6.07. The normalized spacial score (nSPS) is 14.2. The van der Waals surface area contributed by atoms with Crippen LogP contribution < -0.4 is 9.47 Å². The molecule has 1 aromatic heterocycles. The largest absolute Gasteiger partial charge is 0.493 e. The Balaban J connectivity index is 1.79. The molecule has 1 N–H and O–H groups in total. The zero-order valence-corrected chi connectivity index (χ0v) is 13.3. The second-order valence-electron chi connectivity index (χ2n) is 5.08. The highest BCUT2D eigenvalue weighted by Crippen LogP contribution is 2.38. The number of benzene rings is 1. The van der Waals surface area contributed by atoms with Crippen molar-refractivity contribution in [1.29, 1.82) is 0 Å². The third-order valence-electron chi connectivity index (χ3n) is 3.52.